The Balaban J connectivity index is 1.46. The van der Waals surface area contributed by atoms with Gasteiger partial charge in [-0.25, -0.2) is 13.2 Å². The molecule has 2 aliphatic rings. The molecule has 0 unspecified atom stereocenters. The van der Waals surface area contributed by atoms with Crippen LogP contribution in [0, 0.1) is 23.2 Å². The summed E-state index contributed by atoms with van der Waals surface area (Å²) >= 11 is 0. The van der Waals surface area contributed by atoms with E-state index in [0.717, 1.165) is 60.6 Å². The fraction of sp³-hybridized carbons (Fsp3) is 0.407. The number of nitrogens with zero attached hydrogens (tertiary/aromatic N) is 2. The molecule has 2 fully saturated rings. The number of nitriles is 1. The summed E-state index contributed by atoms with van der Waals surface area (Å²) in [4.78, 5) is 12.2. The number of ether oxygens (including phenoxy) is 2. The van der Waals surface area contributed by atoms with Crippen LogP contribution >= 0.6 is 0 Å². The second-order valence-electron chi connectivity index (χ2n) is 9.91. The molecule has 188 valence electrons. The fourth-order valence-electron chi connectivity index (χ4n) is 4.45. The number of anilines is 1. The van der Waals surface area contributed by atoms with Crippen molar-refractivity contribution in [1.29, 1.82) is 5.26 Å². The highest BCUT2D eigenvalue weighted by molar-refractivity contribution is 7.90. The number of amides is 1. The first-order valence-corrected chi connectivity index (χ1v) is 14.2. The molecule has 1 atom stereocenters. The van der Waals surface area contributed by atoms with E-state index in [2.05, 4.69) is 16.0 Å². The molecule has 8 nitrogen and oxygen atoms in total. The minimum atomic E-state index is -3.29. The summed E-state index contributed by atoms with van der Waals surface area (Å²) in [7, 11) is -3.29. The molecule has 0 saturated heterocycles. The molecule has 2 aliphatic carbocycles. The molecule has 1 heterocycles. The van der Waals surface area contributed by atoms with Crippen LogP contribution in [0.4, 0.5) is 10.5 Å². The molecular formula is C27H29N3O5S. The Morgan fingerprint density at radius 2 is 1.89 bits per heavy atom. The Morgan fingerprint density at radius 1 is 1.17 bits per heavy atom. The third-order valence-corrected chi connectivity index (χ3v) is 7.25. The van der Waals surface area contributed by atoms with E-state index in [0.29, 0.717) is 28.8 Å². The van der Waals surface area contributed by atoms with Gasteiger partial charge in [0, 0.05) is 29.9 Å². The maximum absolute atomic E-state index is 12.2. The molecular weight excluding hydrogens is 478 g/mol. The van der Waals surface area contributed by atoms with Gasteiger partial charge in [0.2, 0.25) is 0 Å². The lowest BCUT2D eigenvalue weighted by Crippen LogP contribution is -2.21. The number of rotatable bonds is 9. The first-order chi connectivity index (χ1) is 17.2. The van der Waals surface area contributed by atoms with Crippen LogP contribution in [0.5, 0.6) is 5.75 Å². The zero-order valence-corrected chi connectivity index (χ0v) is 21.2. The maximum Gasteiger partial charge on any atom is 0.411 e. The van der Waals surface area contributed by atoms with Gasteiger partial charge in [0.25, 0.3) is 0 Å². The second-order valence-corrected chi connectivity index (χ2v) is 12.0. The summed E-state index contributed by atoms with van der Waals surface area (Å²) in [5.41, 5.74) is 3.66. The monoisotopic (exact) mass is 507 g/mol. The van der Waals surface area contributed by atoms with Crippen molar-refractivity contribution in [2.24, 2.45) is 11.8 Å². The SMILES string of the molecule is C[C@@H](OC(=O)Nc1ccc(-c2c(C#N)c3ccc(OCS(C)(=O)=O)cc3n2CC2CC2)cc1)C1CC1. The van der Waals surface area contributed by atoms with Gasteiger partial charge >= 0.3 is 6.09 Å². The minimum absolute atomic E-state index is 0.0908. The number of carbonyl (C=O) groups is 1. The summed E-state index contributed by atoms with van der Waals surface area (Å²) in [5.74, 6) is 1.04. The Hall–Kier alpha value is -3.51. The highest BCUT2D eigenvalue weighted by Gasteiger charge is 2.31. The lowest BCUT2D eigenvalue weighted by Gasteiger charge is -2.14. The van der Waals surface area contributed by atoms with Crippen LogP contribution in [0.1, 0.15) is 38.2 Å². The topological polar surface area (TPSA) is 110 Å². The zero-order chi connectivity index (χ0) is 25.4. The Kier molecular flexibility index (Phi) is 6.39. The molecule has 0 aliphatic heterocycles. The number of aromatic nitrogens is 1. The summed E-state index contributed by atoms with van der Waals surface area (Å²) in [5, 5.41) is 13.7. The molecule has 2 aromatic carbocycles. The Morgan fingerprint density at radius 3 is 2.50 bits per heavy atom. The summed E-state index contributed by atoms with van der Waals surface area (Å²) < 4.78 is 36.2. The third-order valence-electron chi connectivity index (χ3n) is 6.71. The predicted molar refractivity (Wildman–Crippen MR) is 137 cm³/mol. The summed E-state index contributed by atoms with van der Waals surface area (Å²) in [6.45, 7) is 2.68. The number of nitrogens with one attached hydrogen (secondary N) is 1. The van der Waals surface area contributed by atoms with Crippen molar-refractivity contribution in [2.45, 2.75) is 45.3 Å². The number of benzene rings is 2. The lowest BCUT2D eigenvalue weighted by atomic mass is 10.1. The number of hydrogen-bond acceptors (Lipinski definition) is 6. The lowest BCUT2D eigenvalue weighted by molar-refractivity contribution is 0.108. The van der Waals surface area contributed by atoms with Gasteiger partial charge in [-0.1, -0.05) is 12.1 Å². The highest BCUT2D eigenvalue weighted by Crippen LogP contribution is 2.40. The molecule has 9 heteroatoms. The molecule has 0 radical (unpaired) electrons. The predicted octanol–water partition coefficient (Wildman–Crippen LogP) is 5.32. The fourth-order valence-corrected chi connectivity index (χ4v) is 4.80. The second kappa shape index (κ2) is 9.51. The van der Waals surface area contributed by atoms with E-state index in [1.54, 1.807) is 24.3 Å². The van der Waals surface area contributed by atoms with E-state index in [1.165, 1.54) is 0 Å². The van der Waals surface area contributed by atoms with Crippen LogP contribution in [0.3, 0.4) is 0 Å². The normalized spacial score (nSPS) is 16.4. The third kappa shape index (κ3) is 5.49. The molecule has 3 aromatic rings. The molecule has 0 bridgehead atoms. The molecule has 36 heavy (non-hydrogen) atoms. The van der Waals surface area contributed by atoms with Crippen molar-refractivity contribution < 1.29 is 22.7 Å². The van der Waals surface area contributed by atoms with Crippen molar-refractivity contribution in [1.82, 2.24) is 4.57 Å². The molecule has 0 spiro atoms. The van der Waals surface area contributed by atoms with Crippen molar-refractivity contribution in [3.63, 3.8) is 0 Å². The average Bonchev–Trinajstić information content (AvgIpc) is 3.75. The first kappa shape index (κ1) is 24.2. The van der Waals surface area contributed by atoms with Gasteiger partial charge in [-0.15, -0.1) is 0 Å². The van der Waals surface area contributed by atoms with Crippen LogP contribution < -0.4 is 10.1 Å². The number of hydrogen-bond donors (Lipinski definition) is 1. The Bertz CT molecular complexity index is 1450. The number of fused-ring (bicyclic) bond motifs is 1. The van der Waals surface area contributed by atoms with Crippen LogP contribution in [-0.4, -0.2) is 37.4 Å². The van der Waals surface area contributed by atoms with Gasteiger partial charge in [-0.3, -0.25) is 5.32 Å². The molecule has 2 saturated carbocycles. The van der Waals surface area contributed by atoms with Gasteiger partial charge in [0.05, 0.1) is 16.8 Å². The zero-order valence-electron chi connectivity index (χ0n) is 20.4. The quantitative estimate of drug-likeness (QED) is 0.420. The average molecular weight is 508 g/mol. The van der Waals surface area contributed by atoms with Crippen LogP contribution in [0.2, 0.25) is 0 Å². The van der Waals surface area contributed by atoms with Crippen molar-refractivity contribution >= 4 is 32.5 Å². The number of sulfone groups is 1. The van der Waals surface area contributed by atoms with Crippen LogP contribution in [0.15, 0.2) is 42.5 Å². The minimum Gasteiger partial charge on any atom is -0.478 e. The Labute approximate surface area is 210 Å². The van der Waals surface area contributed by atoms with E-state index < -0.39 is 21.9 Å². The summed E-state index contributed by atoms with van der Waals surface area (Å²) in [6, 6.07) is 15.1. The van der Waals surface area contributed by atoms with Gasteiger partial charge in [0.15, 0.2) is 15.8 Å². The molecule has 1 aromatic heterocycles. The van der Waals surface area contributed by atoms with Crippen molar-refractivity contribution in [3.8, 4) is 23.1 Å². The van der Waals surface area contributed by atoms with Gasteiger partial charge < -0.3 is 14.0 Å². The summed E-state index contributed by atoms with van der Waals surface area (Å²) in [6.07, 6.45) is 5.04. The van der Waals surface area contributed by atoms with Crippen LogP contribution in [0.25, 0.3) is 22.2 Å². The van der Waals surface area contributed by atoms with E-state index in [9.17, 15) is 18.5 Å². The maximum atomic E-state index is 12.2. The van der Waals surface area contributed by atoms with E-state index >= 15 is 0 Å². The van der Waals surface area contributed by atoms with E-state index in [-0.39, 0.29) is 6.10 Å². The molecule has 1 N–H and O–H groups in total. The largest absolute Gasteiger partial charge is 0.478 e. The number of carbonyl (C=O) groups excluding carboxylic acids is 1. The van der Waals surface area contributed by atoms with Crippen molar-refractivity contribution in [2.75, 3.05) is 17.5 Å². The molecule has 1 amide bonds. The van der Waals surface area contributed by atoms with Crippen LogP contribution in [-0.2, 0) is 21.1 Å². The standard InChI is InChI=1S/C27H29N3O5S/c1-17(19-5-6-19)35-27(31)29-21-9-7-20(8-10-21)26-24(14-28)23-12-11-22(34-16-36(2,32)33)13-25(23)30(26)15-18-3-4-18/h7-13,17-19H,3-6,15-16H2,1-2H3,(H,29,31)/t17-/m1/s1. The molecule has 5 rings (SSSR count). The highest BCUT2D eigenvalue weighted by atomic mass is 32.2. The van der Waals surface area contributed by atoms with E-state index in [1.807, 2.05) is 25.1 Å². The van der Waals surface area contributed by atoms with Gasteiger partial charge in [-0.05, 0) is 74.3 Å². The van der Waals surface area contributed by atoms with Crippen molar-refractivity contribution in [3.05, 3.63) is 48.0 Å². The first-order valence-electron chi connectivity index (χ1n) is 12.2. The van der Waals surface area contributed by atoms with Gasteiger partial charge in [0.1, 0.15) is 17.9 Å². The van der Waals surface area contributed by atoms with Gasteiger partial charge in [-0.2, -0.15) is 5.26 Å². The van der Waals surface area contributed by atoms with E-state index in [4.69, 9.17) is 9.47 Å². The smallest absolute Gasteiger partial charge is 0.411 e.